The van der Waals surface area contributed by atoms with E-state index in [0.717, 1.165) is 33.2 Å². The third-order valence-electron chi connectivity index (χ3n) is 4.06. The number of halogens is 2. The Morgan fingerprint density at radius 3 is 2.85 bits per heavy atom. The average Bonchev–Trinajstić information content (AvgIpc) is 3.24. The number of hydrogen-bond acceptors (Lipinski definition) is 5. The maximum atomic E-state index is 12.2. The van der Waals surface area contributed by atoms with Gasteiger partial charge in [0.2, 0.25) is 0 Å². The molecule has 3 N–H and O–H groups in total. The summed E-state index contributed by atoms with van der Waals surface area (Å²) in [5.74, 6) is 0.745. The minimum atomic E-state index is -0.0672. The molecule has 0 saturated heterocycles. The van der Waals surface area contributed by atoms with Crippen molar-refractivity contribution < 1.29 is 4.74 Å². The Labute approximate surface area is 165 Å². The van der Waals surface area contributed by atoms with Crippen LogP contribution < -0.4 is 16.0 Å². The zero-order valence-corrected chi connectivity index (χ0v) is 16.3. The van der Waals surface area contributed by atoms with Crippen LogP contribution >= 0.6 is 36.2 Å². The van der Waals surface area contributed by atoms with Gasteiger partial charge in [0, 0.05) is 40.2 Å². The molecule has 0 saturated carbocycles. The first-order chi connectivity index (χ1) is 11.7. The highest BCUT2D eigenvalue weighted by atomic mass is 35.5. The van der Waals surface area contributed by atoms with E-state index < -0.39 is 0 Å². The third kappa shape index (κ3) is 3.19. The SMILES string of the molecule is COc1ccc2[nH]c(=O)c3sccc3c2c1-c1cnn(CCN)c1.Cl.Cl. The Hall–Kier alpha value is -2.06. The maximum absolute atomic E-state index is 12.2. The molecule has 0 fully saturated rings. The lowest BCUT2D eigenvalue weighted by atomic mass is 9.99. The normalized spacial score (nSPS) is 10.5. The topological polar surface area (TPSA) is 85.9 Å². The summed E-state index contributed by atoms with van der Waals surface area (Å²) >= 11 is 1.44. The largest absolute Gasteiger partial charge is 0.496 e. The van der Waals surface area contributed by atoms with Crippen LogP contribution in [0.1, 0.15) is 0 Å². The molecule has 0 spiro atoms. The van der Waals surface area contributed by atoms with E-state index in [-0.39, 0.29) is 30.4 Å². The predicted molar refractivity (Wildman–Crippen MR) is 111 cm³/mol. The number of rotatable bonds is 4. The third-order valence-corrected chi connectivity index (χ3v) is 4.97. The van der Waals surface area contributed by atoms with E-state index in [9.17, 15) is 4.79 Å². The standard InChI is InChI=1S/C17H16N4O2S.2ClH/c1-23-13-3-2-12-15(11-4-7-24-16(11)17(22)20-12)14(13)10-8-19-21(9-10)6-5-18;;/h2-4,7-9H,5-6,18H2,1H3,(H,20,22);2*1H. The van der Waals surface area contributed by atoms with Gasteiger partial charge in [0.05, 0.1) is 19.9 Å². The number of pyridine rings is 1. The van der Waals surface area contributed by atoms with E-state index in [1.165, 1.54) is 11.3 Å². The molecular formula is C17H18Cl2N4O2S. The molecule has 9 heteroatoms. The van der Waals surface area contributed by atoms with Crippen LogP contribution in [0.25, 0.3) is 32.1 Å². The van der Waals surface area contributed by atoms with Gasteiger partial charge >= 0.3 is 0 Å². The number of methoxy groups -OCH3 is 1. The van der Waals surface area contributed by atoms with Crippen LogP contribution in [0.15, 0.2) is 40.8 Å². The van der Waals surface area contributed by atoms with Gasteiger partial charge in [-0.2, -0.15) is 5.10 Å². The van der Waals surface area contributed by atoms with Crippen molar-refractivity contribution in [3.05, 3.63) is 46.3 Å². The summed E-state index contributed by atoms with van der Waals surface area (Å²) in [7, 11) is 1.64. The summed E-state index contributed by atoms with van der Waals surface area (Å²) in [6.45, 7) is 1.17. The zero-order valence-electron chi connectivity index (χ0n) is 13.9. The van der Waals surface area contributed by atoms with Crippen LogP contribution in [0.4, 0.5) is 0 Å². The van der Waals surface area contributed by atoms with E-state index in [1.54, 1.807) is 13.3 Å². The lowest BCUT2D eigenvalue weighted by molar-refractivity contribution is 0.417. The minimum absolute atomic E-state index is 0. The van der Waals surface area contributed by atoms with Crippen molar-refractivity contribution in [1.29, 1.82) is 0 Å². The first-order valence-electron chi connectivity index (χ1n) is 7.56. The van der Waals surface area contributed by atoms with Gasteiger partial charge in [-0.25, -0.2) is 0 Å². The van der Waals surface area contributed by atoms with E-state index in [1.807, 2.05) is 34.5 Å². The van der Waals surface area contributed by atoms with Crippen LogP contribution in [0, 0.1) is 0 Å². The van der Waals surface area contributed by atoms with Crippen LogP contribution in [-0.4, -0.2) is 28.4 Å². The molecule has 0 unspecified atom stereocenters. The van der Waals surface area contributed by atoms with Crippen molar-refractivity contribution >= 4 is 57.1 Å². The van der Waals surface area contributed by atoms with Gasteiger partial charge in [0.1, 0.15) is 10.4 Å². The lowest BCUT2D eigenvalue weighted by Crippen LogP contribution is -2.09. The number of nitrogens with zero attached hydrogens (tertiary/aromatic N) is 2. The molecule has 0 bridgehead atoms. The molecule has 6 nitrogen and oxygen atoms in total. The summed E-state index contributed by atoms with van der Waals surface area (Å²) < 4.78 is 8.11. The molecule has 4 rings (SSSR count). The Balaban J connectivity index is 0.00000121. The van der Waals surface area contributed by atoms with E-state index >= 15 is 0 Å². The second kappa shape index (κ2) is 8.09. The minimum Gasteiger partial charge on any atom is -0.496 e. The van der Waals surface area contributed by atoms with Gasteiger partial charge in [0.25, 0.3) is 5.56 Å². The number of thiophene rings is 1. The Bertz CT molecular complexity index is 1100. The number of ether oxygens (including phenoxy) is 1. The second-order valence-electron chi connectivity index (χ2n) is 5.46. The number of aromatic amines is 1. The molecule has 0 aliphatic heterocycles. The molecule has 0 radical (unpaired) electrons. The highest BCUT2D eigenvalue weighted by Crippen LogP contribution is 2.39. The molecule has 138 valence electrons. The van der Waals surface area contributed by atoms with Crippen LogP contribution in [-0.2, 0) is 6.54 Å². The van der Waals surface area contributed by atoms with Crippen LogP contribution in [0.3, 0.4) is 0 Å². The summed E-state index contributed by atoms with van der Waals surface area (Å²) in [6.07, 6.45) is 3.75. The number of nitrogens with one attached hydrogen (secondary N) is 1. The quantitative estimate of drug-likeness (QED) is 0.537. The summed E-state index contributed by atoms with van der Waals surface area (Å²) in [5, 5.41) is 8.19. The molecule has 1 aromatic carbocycles. The smallest absolute Gasteiger partial charge is 0.266 e. The van der Waals surface area contributed by atoms with Gasteiger partial charge in [-0.15, -0.1) is 36.2 Å². The van der Waals surface area contributed by atoms with E-state index in [0.29, 0.717) is 17.8 Å². The molecule has 0 aliphatic rings. The fraction of sp³-hybridized carbons (Fsp3) is 0.176. The number of fused-ring (bicyclic) bond motifs is 3. The predicted octanol–water partition coefficient (Wildman–Crippen LogP) is 3.42. The molecule has 26 heavy (non-hydrogen) atoms. The Morgan fingerprint density at radius 1 is 1.31 bits per heavy atom. The summed E-state index contributed by atoms with van der Waals surface area (Å²) in [4.78, 5) is 15.2. The van der Waals surface area contributed by atoms with Crippen molar-refractivity contribution in [2.24, 2.45) is 5.73 Å². The van der Waals surface area contributed by atoms with Gasteiger partial charge < -0.3 is 15.5 Å². The highest BCUT2D eigenvalue weighted by Gasteiger charge is 2.17. The van der Waals surface area contributed by atoms with Crippen molar-refractivity contribution in [1.82, 2.24) is 14.8 Å². The van der Waals surface area contributed by atoms with Gasteiger partial charge in [-0.1, -0.05) is 0 Å². The first kappa shape index (κ1) is 20.3. The van der Waals surface area contributed by atoms with Crippen molar-refractivity contribution in [2.45, 2.75) is 6.54 Å². The maximum Gasteiger partial charge on any atom is 0.266 e. The van der Waals surface area contributed by atoms with Gasteiger partial charge in [-0.3, -0.25) is 9.48 Å². The monoisotopic (exact) mass is 412 g/mol. The Morgan fingerprint density at radius 2 is 2.12 bits per heavy atom. The Kier molecular flexibility index (Phi) is 6.30. The number of aromatic nitrogens is 3. The van der Waals surface area contributed by atoms with Crippen molar-refractivity contribution in [2.75, 3.05) is 13.7 Å². The van der Waals surface area contributed by atoms with Crippen LogP contribution in [0.5, 0.6) is 5.75 Å². The number of benzene rings is 1. The number of hydrogen-bond donors (Lipinski definition) is 2. The average molecular weight is 413 g/mol. The van der Waals surface area contributed by atoms with Crippen molar-refractivity contribution in [3.8, 4) is 16.9 Å². The first-order valence-corrected chi connectivity index (χ1v) is 8.44. The summed E-state index contributed by atoms with van der Waals surface area (Å²) in [6, 6.07) is 5.72. The molecule has 3 heterocycles. The fourth-order valence-corrected chi connectivity index (χ4v) is 3.83. The number of H-pyrrole nitrogens is 1. The fourth-order valence-electron chi connectivity index (χ4n) is 3.03. The molecule has 0 atom stereocenters. The molecule has 3 aromatic heterocycles. The van der Waals surface area contributed by atoms with Gasteiger partial charge in [-0.05, 0) is 23.6 Å². The highest BCUT2D eigenvalue weighted by molar-refractivity contribution is 7.17. The summed E-state index contributed by atoms with van der Waals surface area (Å²) in [5.41, 5.74) is 8.19. The lowest BCUT2D eigenvalue weighted by Gasteiger charge is -2.11. The zero-order chi connectivity index (χ0) is 16.7. The van der Waals surface area contributed by atoms with E-state index in [2.05, 4.69) is 10.1 Å². The molecule has 0 aliphatic carbocycles. The second-order valence-corrected chi connectivity index (χ2v) is 6.38. The van der Waals surface area contributed by atoms with E-state index in [4.69, 9.17) is 10.5 Å². The van der Waals surface area contributed by atoms with Crippen molar-refractivity contribution in [3.63, 3.8) is 0 Å². The van der Waals surface area contributed by atoms with Gasteiger partial charge in [0.15, 0.2) is 0 Å². The number of nitrogens with two attached hydrogens (primary N) is 1. The molecular weight excluding hydrogens is 395 g/mol. The van der Waals surface area contributed by atoms with Crippen LogP contribution in [0.2, 0.25) is 0 Å². The molecule has 0 amide bonds. The molecule has 4 aromatic rings.